The molecule has 0 unspecified atom stereocenters. The Bertz CT molecular complexity index is 627. The number of nitrogens with zero attached hydrogens (tertiary/aromatic N) is 3. The molecule has 2 rings (SSSR count). The number of aromatic nitrogens is 2. The lowest BCUT2D eigenvalue weighted by molar-refractivity contribution is 0.626. The molecule has 4 nitrogen and oxygen atoms in total. The van der Waals surface area contributed by atoms with Crippen molar-refractivity contribution < 1.29 is 4.39 Å². The van der Waals surface area contributed by atoms with E-state index in [4.69, 9.17) is 11.0 Å². The van der Waals surface area contributed by atoms with Crippen LogP contribution in [0.15, 0.2) is 22.7 Å². The summed E-state index contributed by atoms with van der Waals surface area (Å²) in [5.41, 5.74) is 7.29. The van der Waals surface area contributed by atoms with Crippen LogP contribution in [-0.2, 0) is 0 Å². The van der Waals surface area contributed by atoms with Gasteiger partial charge in [0.25, 0.3) is 0 Å². The minimum Gasteiger partial charge on any atom is -0.382 e. The van der Waals surface area contributed by atoms with Gasteiger partial charge in [0.15, 0.2) is 0 Å². The Morgan fingerprint density at radius 2 is 2.24 bits per heavy atom. The van der Waals surface area contributed by atoms with Crippen molar-refractivity contribution in [1.82, 2.24) is 9.78 Å². The van der Waals surface area contributed by atoms with Crippen molar-refractivity contribution in [2.75, 3.05) is 5.73 Å². The lowest BCUT2D eigenvalue weighted by Gasteiger charge is -2.06. The third-order valence-corrected chi connectivity index (χ3v) is 2.98. The van der Waals surface area contributed by atoms with Crippen LogP contribution in [0.2, 0.25) is 0 Å². The van der Waals surface area contributed by atoms with Gasteiger partial charge in [-0.2, -0.15) is 10.4 Å². The first-order chi connectivity index (χ1) is 8.04. The van der Waals surface area contributed by atoms with Gasteiger partial charge < -0.3 is 5.73 Å². The molecule has 86 valence electrons. The van der Waals surface area contributed by atoms with Gasteiger partial charge >= 0.3 is 0 Å². The molecule has 6 heteroatoms. The number of halogens is 2. The molecule has 1 heterocycles. The van der Waals surface area contributed by atoms with Crippen molar-refractivity contribution in [2.45, 2.75) is 6.92 Å². The maximum atomic E-state index is 13.0. The Kier molecular flexibility index (Phi) is 2.86. The molecule has 1 aromatic carbocycles. The standard InChI is InChI=1S/C11H8BrFN4/c1-6-8(5-14)11(15)17(16-6)10-3-2-7(13)4-9(10)12/h2-4H,15H2,1H3. The number of nitriles is 1. The van der Waals surface area contributed by atoms with Crippen LogP contribution in [0.4, 0.5) is 10.2 Å². The third-order valence-electron chi connectivity index (χ3n) is 2.35. The van der Waals surface area contributed by atoms with Gasteiger partial charge in [-0.3, -0.25) is 0 Å². The number of benzene rings is 1. The summed E-state index contributed by atoms with van der Waals surface area (Å²) < 4.78 is 14.9. The molecule has 0 spiro atoms. The van der Waals surface area contributed by atoms with Crippen molar-refractivity contribution in [1.29, 1.82) is 5.26 Å². The summed E-state index contributed by atoms with van der Waals surface area (Å²) in [4.78, 5) is 0. The molecule has 0 radical (unpaired) electrons. The molecule has 0 saturated carbocycles. The predicted octanol–water partition coefficient (Wildman–Crippen LogP) is 2.54. The Balaban J connectivity index is 2.66. The van der Waals surface area contributed by atoms with Crippen LogP contribution in [0.1, 0.15) is 11.3 Å². The van der Waals surface area contributed by atoms with Crippen molar-refractivity contribution in [3.63, 3.8) is 0 Å². The zero-order valence-electron chi connectivity index (χ0n) is 8.91. The van der Waals surface area contributed by atoms with Crippen LogP contribution < -0.4 is 5.73 Å². The third kappa shape index (κ3) is 1.89. The largest absolute Gasteiger partial charge is 0.382 e. The lowest BCUT2D eigenvalue weighted by atomic mass is 10.2. The van der Waals surface area contributed by atoms with Gasteiger partial charge in [-0.1, -0.05) is 0 Å². The van der Waals surface area contributed by atoms with Crippen LogP contribution in [0.5, 0.6) is 0 Å². The Morgan fingerprint density at radius 1 is 1.53 bits per heavy atom. The van der Waals surface area contributed by atoms with E-state index in [1.54, 1.807) is 13.0 Å². The topological polar surface area (TPSA) is 67.6 Å². The number of aryl methyl sites for hydroxylation is 1. The molecule has 2 aromatic rings. The maximum Gasteiger partial charge on any atom is 0.145 e. The number of nitrogen functional groups attached to an aromatic ring is 1. The van der Waals surface area contributed by atoms with Gasteiger partial charge in [-0.25, -0.2) is 9.07 Å². The van der Waals surface area contributed by atoms with Crippen LogP contribution in [0, 0.1) is 24.1 Å². The predicted molar refractivity (Wildman–Crippen MR) is 65.1 cm³/mol. The van der Waals surface area contributed by atoms with Gasteiger partial charge in [0.2, 0.25) is 0 Å². The highest BCUT2D eigenvalue weighted by molar-refractivity contribution is 9.10. The van der Waals surface area contributed by atoms with E-state index in [2.05, 4.69) is 21.0 Å². The second-order valence-electron chi connectivity index (χ2n) is 3.46. The number of hydrogen-bond donors (Lipinski definition) is 1. The molecule has 17 heavy (non-hydrogen) atoms. The summed E-state index contributed by atoms with van der Waals surface area (Å²) >= 11 is 3.23. The summed E-state index contributed by atoms with van der Waals surface area (Å²) in [6.45, 7) is 1.70. The Labute approximate surface area is 106 Å². The van der Waals surface area contributed by atoms with E-state index in [0.717, 1.165) is 0 Å². The highest BCUT2D eigenvalue weighted by atomic mass is 79.9. The fourth-order valence-corrected chi connectivity index (χ4v) is 2.04. The van der Waals surface area contributed by atoms with E-state index in [9.17, 15) is 4.39 Å². The van der Waals surface area contributed by atoms with Crippen LogP contribution in [0.3, 0.4) is 0 Å². The zero-order valence-corrected chi connectivity index (χ0v) is 10.5. The van der Waals surface area contributed by atoms with E-state index >= 15 is 0 Å². The van der Waals surface area contributed by atoms with E-state index in [0.29, 0.717) is 21.4 Å². The van der Waals surface area contributed by atoms with Gasteiger partial charge in [-0.15, -0.1) is 0 Å². The maximum absolute atomic E-state index is 13.0. The van der Waals surface area contributed by atoms with E-state index in [1.807, 2.05) is 6.07 Å². The first-order valence-electron chi connectivity index (χ1n) is 4.75. The summed E-state index contributed by atoms with van der Waals surface area (Å²) in [6, 6.07) is 6.16. The average Bonchev–Trinajstić information content (AvgIpc) is 2.54. The molecule has 1 aromatic heterocycles. The molecule has 0 saturated heterocycles. The van der Waals surface area contributed by atoms with E-state index < -0.39 is 0 Å². The molecule has 0 aliphatic heterocycles. The number of rotatable bonds is 1. The quantitative estimate of drug-likeness (QED) is 0.879. The van der Waals surface area contributed by atoms with Gasteiger partial charge in [-0.05, 0) is 41.1 Å². The van der Waals surface area contributed by atoms with Crippen molar-refractivity contribution in [2.24, 2.45) is 0 Å². The van der Waals surface area contributed by atoms with Crippen molar-refractivity contribution in [3.8, 4) is 11.8 Å². The summed E-state index contributed by atoms with van der Waals surface area (Å²) in [5, 5.41) is 13.1. The molecular weight excluding hydrogens is 287 g/mol. The lowest BCUT2D eigenvalue weighted by Crippen LogP contribution is -2.03. The minimum atomic E-state index is -0.358. The molecule has 0 amide bonds. The highest BCUT2D eigenvalue weighted by Gasteiger charge is 2.15. The van der Waals surface area contributed by atoms with Gasteiger partial charge in [0, 0.05) is 4.47 Å². The molecule has 0 atom stereocenters. The minimum absolute atomic E-state index is 0.248. The number of nitrogens with two attached hydrogens (primary N) is 1. The van der Waals surface area contributed by atoms with Gasteiger partial charge in [0.1, 0.15) is 23.3 Å². The first kappa shape index (κ1) is 11.6. The fourth-order valence-electron chi connectivity index (χ4n) is 1.52. The SMILES string of the molecule is Cc1nn(-c2ccc(F)cc2Br)c(N)c1C#N. The smallest absolute Gasteiger partial charge is 0.145 e. The Morgan fingerprint density at radius 3 is 2.76 bits per heavy atom. The summed E-state index contributed by atoms with van der Waals surface area (Å²) in [6.07, 6.45) is 0. The second-order valence-corrected chi connectivity index (χ2v) is 4.32. The molecular formula is C11H8BrFN4. The Hall–Kier alpha value is -1.87. The first-order valence-corrected chi connectivity index (χ1v) is 5.54. The zero-order chi connectivity index (χ0) is 12.6. The van der Waals surface area contributed by atoms with E-state index in [1.165, 1.54) is 16.8 Å². The number of anilines is 1. The van der Waals surface area contributed by atoms with Crippen molar-refractivity contribution >= 4 is 21.7 Å². The van der Waals surface area contributed by atoms with E-state index in [-0.39, 0.29) is 11.6 Å². The second kappa shape index (κ2) is 4.18. The summed E-state index contributed by atoms with van der Waals surface area (Å²) in [7, 11) is 0. The molecule has 0 bridgehead atoms. The average molecular weight is 295 g/mol. The number of hydrogen-bond acceptors (Lipinski definition) is 3. The van der Waals surface area contributed by atoms with Crippen molar-refractivity contribution in [3.05, 3.63) is 39.7 Å². The van der Waals surface area contributed by atoms with Crippen LogP contribution >= 0.6 is 15.9 Å². The molecule has 0 aliphatic rings. The fraction of sp³-hybridized carbons (Fsp3) is 0.0909. The monoisotopic (exact) mass is 294 g/mol. The molecule has 0 aliphatic carbocycles. The summed E-state index contributed by atoms with van der Waals surface area (Å²) in [5.74, 6) is -0.110. The normalized spacial score (nSPS) is 10.2. The van der Waals surface area contributed by atoms with Gasteiger partial charge in [0.05, 0.1) is 11.4 Å². The van der Waals surface area contributed by atoms with Crippen LogP contribution in [0.25, 0.3) is 5.69 Å². The highest BCUT2D eigenvalue weighted by Crippen LogP contribution is 2.26. The molecule has 2 N–H and O–H groups in total. The molecule has 0 fully saturated rings. The van der Waals surface area contributed by atoms with Crippen LogP contribution in [-0.4, -0.2) is 9.78 Å².